The van der Waals surface area contributed by atoms with Gasteiger partial charge in [0.25, 0.3) is 0 Å². The Hall–Kier alpha value is -0.860. The predicted molar refractivity (Wildman–Crippen MR) is 66.8 cm³/mol. The number of Topliss-reactive ketones (excluding diaryl/α,β-unsaturated/α-hetero) is 1. The minimum atomic E-state index is -0.654. The minimum absolute atomic E-state index is 0.109. The third kappa shape index (κ3) is 2.21. The smallest absolute Gasteiger partial charge is 0.191 e. The summed E-state index contributed by atoms with van der Waals surface area (Å²) in [6.45, 7) is 0. The van der Waals surface area contributed by atoms with Crippen LogP contribution in [0.25, 0.3) is 10.8 Å². The van der Waals surface area contributed by atoms with Gasteiger partial charge in [-0.25, -0.2) is 0 Å². The van der Waals surface area contributed by atoms with E-state index in [-0.39, 0.29) is 5.78 Å². The van der Waals surface area contributed by atoms with Crippen LogP contribution in [0.4, 0.5) is 0 Å². The van der Waals surface area contributed by atoms with Gasteiger partial charge in [0.1, 0.15) is 0 Å². The monoisotopic (exact) mass is 282 g/mol. The molecule has 2 aromatic carbocycles. The maximum atomic E-state index is 11.6. The van der Waals surface area contributed by atoms with Gasteiger partial charge < -0.3 is 0 Å². The summed E-state index contributed by atoms with van der Waals surface area (Å²) in [6, 6.07) is 13.5. The normalized spacial score (nSPS) is 12.7. The molecule has 1 unspecified atom stereocenters. The van der Waals surface area contributed by atoms with Crippen molar-refractivity contribution in [3.05, 3.63) is 48.0 Å². The topological polar surface area (TPSA) is 17.1 Å². The van der Waals surface area contributed by atoms with E-state index in [9.17, 15) is 4.79 Å². The maximum Gasteiger partial charge on any atom is 0.191 e. The first-order chi connectivity index (χ1) is 7.18. The van der Waals surface area contributed by atoms with Crippen molar-refractivity contribution in [3.63, 3.8) is 0 Å². The highest BCUT2D eigenvalue weighted by molar-refractivity contribution is 9.10. The summed E-state index contributed by atoms with van der Waals surface area (Å²) in [7, 11) is 0. The number of fused-ring (bicyclic) bond motifs is 1. The molecule has 0 radical (unpaired) electrons. The fourth-order valence-electron chi connectivity index (χ4n) is 1.47. The van der Waals surface area contributed by atoms with Crippen LogP contribution in [0.3, 0.4) is 0 Å². The van der Waals surface area contributed by atoms with E-state index >= 15 is 0 Å². The van der Waals surface area contributed by atoms with Crippen LogP contribution in [0, 0.1) is 0 Å². The fraction of sp³-hybridized carbons (Fsp3) is 0.0833. The van der Waals surface area contributed by atoms with Gasteiger partial charge in [0.05, 0.1) is 0 Å². The molecule has 0 amide bonds. The van der Waals surface area contributed by atoms with Crippen molar-refractivity contribution in [2.75, 3.05) is 0 Å². The van der Waals surface area contributed by atoms with Crippen LogP contribution in [0.1, 0.15) is 10.4 Å². The molecule has 76 valence electrons. The van der Waals surface area contributed by atoms with Crippen molar-refractivity contribution >= 4 is 44.1 Å². The first-order valence-corrected chi connectivity index (χ1v) is 5.85. The van der Waals surface area contributed by atoms with Crippen LogP contribution in [0.5, 0.6) is 0 Å². The second kappa shape index (κ2) is 4.33. The van der Waals surface area contributed by atoms with E-state index in [0.29, 0.717) is 5.56 Å². The Kier molecular flexibility index (Phi) is 3.08. The lowest BCUT2D eigenvalue weighted by Gasteiger charge is -2.03. The molecule has 0 heterocycles. The molecule has 0 fully saturated rings. The average Bonchev–Trinajstić information content (AvgIpc) is 2.27. The van der Waals surface area contributed by atoms with Crippen LogP contribution < -0.4 is 0 Å². The zero-order valence-corrected chi connectivity index (χ0v) is 10.1. The Morgan fingerprint density at radius 3 is 2.47 bits per heavy atom. The molecule has 0 aromatic heterocycles. The molecule has 2 aromatic rings. The lowest BCUT2D eigenvalue weighted by atomic mass is 10.1. The second-order valence-corrected chi connectivity index (χ2v) is 5.11. The predicted octanol–water partition coefficient (Wildman–Crippen LogP) is 3.98. The number of alkyl halides is 2. The van der Waals surface area contributed by atoms with Gasteiger partial charge in [0.2, 0.25) is 0 Å². The molecule has 0 bridgehead atoms. The molecule has 3 heteroatoms. The zero-order valence-electron chi connectivity index (χ0n) is 7.78. The molecule has 15 heavy (non-hydrogen) atoms. The maximum absolute atomic E-state index is 11.6. The Morgan fingerprint density at radius 1 is 1.13 bits per heavy atom. The standard InChI is InChI=1S/C12H8BrClO/c13-12(14)11(15)10-6-5-8-3-1-2-4-9(8)7-10/h1-7,12H. The summed E-state index contributed by atoms with van der Waals surface area (Å²) in [5.74, 6) is -0.109. The molecule has 1 nitrogen and oxygen atoms in total. The molecule has 0 spiro atoms. The SMILES string of the molecule is O=C(c1ccc2ccccc2c1)C(Cl)Br. The van der Waals surface area contributed by atoms with E-state index in [1.54, 1.807) is 6.07 Å². The molecule has 2 rings (SSSR count). The van der Waals surface area contributed by atoms with E-state index < -0.39 is 4.29 Å². The third-order valence-electron chi connectivity index (χ3n) is 2.23. The van der Waals surface area contributed by atoms with Crippen LogP contribution in [-0.2, 0) is 0 Å². The van der Waals surface area contributed by atoms with Gasteiger partial charge >= 0.3 is 0 Å². The van der Waals surface area contributed by atoms with Gasteiger partial charge in [0, 0.05) is 5.56 Å². The summed E-state index contributed by atoms with van der Waals surface area (Å²) in [5, 5.41) is 2.17. The highest BCUT2D eigenvalue weighted by Crippen LogP contribution is 2.19. The fourth-order valence-corrected chi connectivity index (χ4v) is 1.86. The number of hydrogen-bond donors (Lipinski definition) is 0. The Morgan fingerprint density at radius 2 is 1.80 bits per heavy atom. The van der Waals surface area contributed by atoms with Gasteiger partial charge in [0.15, 0.2) is 10.1 Å². The second-order valence-electron chi connectivity index (χ2n) is 3.23. The lowest BCUT2D eigenvalue weighted by Crippen LogP contribution is -2.07. The van der Waals surface area contributed by atoms with E-state index in [0.717, 1.165) is 10.8 Å². The molecule has 0 aliphatic heterocycles. The average molecular weight is 284 g/mol. The van der Waals surface area contributed by atoms with E-state index in [1.807, 2.05) is 36.4 Å². The summed E-state index contributed by atoms with van der Waals surface area (Å²) in [5.41, 5.74) is 0.630. The van der Waals surface area contributed by atoms with Crippen molar-refractivity contribution < 1.29 is 4.79 Å². The van der Waals surface area contributed by atoms with Crippen molar-refractivity contribution in [2.45, 2.75) is 4.29 Å². The van der Waals surface area contributed by atoms with Gasteiger partial charge in [-0.1, -0.05) is 52.3 Å². The van der Waals surface area contributed by atoms with Crippen LogP contribution >= 0.6 is 27.5 Å². The molecular weight excluding hydrogens is 275 g/mol. The molecule has 0 saturated carbocycles. The van der Waals surface area contributed by atoms with Crippen molar-refractivity contribution in [1.82, 2.24) is 0 Å². The summed E-state index contributed by atoms with van der Waals surface area (Å²) in [6.07, 6.45) is 0. The molecule has 0 N–H and O–H groups in total. The van der Waals surface area contributed by atoms with Crippen LogP contribution in [0.15, 0.2) is 42.5 Å². The summed E-state index contributed by atoms with van der Waals surface area (Å²) in [4.78, 5) is 11.6. The number of rotatable bonds is 2. The number of halogens is 2. The van der Waals surface area contributed by atoms with Crippen LogP contribution in [0.2, 0.25) is 0 Å². The third-order valence-corrected chi connectivity index (χ3v) is 2.85. The number of hydrogen-bond acceptors (Lipinski definition) is 1. The summed E-state index contributed by atoms with van der Waals surface area (Å²) < 4.78 is -0.654. The quantitative estimate of drug-likeness (QED) is 0.602. The highest BCUT2D eigenvalue weighted by atomic mass is 79.9. The van der Waals surface area contributed by atoms with Gasteiger partial charge in [-0.05, 0) is 16.8 Å². The van der Waals surface area contributed by atoms with E-state index in [4.69, 9.17) is 11.6 Å². The van der Waals surface area contributed by atoms with E-state index in [2.05, 4.69) is 15.9 Å². The molecule has 1 atom stereocenters. The van der Waals surface area contributed by atoms with Gasteiger partial charge in [-0.15, -0.1) is 11.6 Å². The number of ketones is 1. The van der Waals surface area contributed by atoms with Crippen molar-refractivity contribution in [3.8, 4) is 0 Å². The number of carbonyl (C=O) groups is 1. The highest BCUT2D eigenvalue weighted by Gasteiger charge is 2.13. The number of benzene rings is 2. The molecule has 0 saturated heterocycles. The van der Waals surface area contributed by atoms with Gasteiger partial charge in [-0.2, -0.15) is 0 Å². The summed E-state index contributed by atoms with van der Waals surface area (Å²) >= 11 is 8.74. The lowest BCUT2D eigenvalue weighted by molar-refractivity contribution is 0.101. The largest absolute Gasteiger partial charge is 0.292 e. The zero-order chi connectivity index (χ0) is 10.8. The number of carbonyl (C=O) groups excluding carboxylic acids is 1. The minimum Gasteiger partial charge on any atom is -0.292 e. The molecular formula is C12H8BrClO. The van der Waals surface area contributed by atoms with Crippen molar-refractivity contribution in [1.29, 1.82) is 0 Å². The Balaban J connectivity index is 2.52. The Labute approximate surface area is 101 Å². The van der Waals surface area contributed by atoms with E-state index in [1.165, 1.54) is 0 Å². The van der Waals surface area contributed by atoms with Crippen LogP contribution in [-0.4, -0.2) is 10.1 Å². The Bertz CT molecular complexity index is 508. The van der Waals surface area contributed by atoms with Crippen molar-refractivity contribution in [2.24, 2.45) is 0 Å². The first kappa shape index (κ1) is 10.7. The van der Waals surface area contributed by atoms with Gasteiger partial charge in [-0.3, -0.25) is 4.79 Å². The first-order valence-electron chi connectivity index (χ1n) is 4.49. The molecule has 0 aliphatic rings. The molecule has 0 aliphatic carbocycles.